The van der Waals surface area contributed by atoms with Crippen molar-refractivity contribution in [2.45, 2.75) is 0 Å². The van der Waals surface area contributed by atoms with Crippen molar-refractivity contribution in [3.8, 4) is 67.8 Å². The van der Waals surface area contributed by atoms with Crippen molar-refractivity contribution in [1.82, 2.24) is 24.9 Å². The molecule has 9 aromatic rings. The van der Waals surface area contributed by atoms with Gasteiger partial charge in [-0.05, 0) is 44.0 Å². The Hall–Kier alpha value is -7.15. The van der Waals surface area contributed by atoms with Crippen molar-refractivity contribution >= 4 is 28.8 Å². The van der Waals surface area contributed by atoms with E-state index in [1.165, 1.54) is 31.9 Å². The molecule has 4 heterocycles. The van der Waals surface area contributed by atoms with E-state index in [9.17, 15) is 0 Å². The summed E-state index contributed by atoms with van der Waals surface area (Å²) < 4.78 is 0. The Bertz CT molecular complexity index is 2650. The molecular formula is C49H33N5Si. The molecule has 0 atom stereocenters. The van der Waals surface area contributed by atoms with Crippen LogP contribution in [0.5, 0.6) is 0 Å². The molecule has 1 aliphatic heterocycles. The number of hydrogen-bond acceptors (Lipinski definition) is 5. The van der Waals surface area contributed by atoms with Crippen molar-refractivity contribution < 1.29 is 0 Å². The number of aromatic nitrogens is 5. The third kappa shape index (κ3) is 5.50. The lowest BCUT2D eigenvalue weighted by atomic mass is 10.0. The molecule has 0 fully saturated rings. The van der Waals surface area contributed by atoms with Crippen molar-refractivity contribution in [2.75, 3.05) is 0 Å². The highest BCUT2D eigenvalue weighted by Crippen LogP contribution is 2.36. The van der Waals surface area contributed by atoms with Gasteiger partial charge in [-0.1, -0.05) is 176 Å². The van der Waals surface area contributed by atoms with E-state index in [1.54, 1.807) is 0 Å². The zero-order valence-electron chi connectivity index (χ0n) is 29.8. The lowest BCUT2D eigenvalue weighted by Gasteiger charge is -2.33. The molecule has 0 unspecified atom stereocenters. The molecule has 0 saturated carbocycles. The van der Waals surface area contributed by atoms with Crippen LogP contribution in [0.15, 0.2) is 200 Å². The second-order valence-corrected chi connectivity index (χ2v) is 17.3. The molecule has 55 heavy (non-hydrogen) atoms. The van der Waals surface area contributed by atoms with E-state index in [0.29, 0.717) is 17.5 Å². The van der Waals surface area contributed by atoms with Gasteiger partial charge in [-0.25, -0.2) is 15.0 Å². The van der Waals surface area contributed by atoms with Crippen LogP contribution in [0.3, 0.4) is 0 Å². The standard InChI is InChI=1S/C49H33N5Si/c1-6-17-34(18-7-1)43-45-41(29-31-50-43)42-30-32-51-44(35-19-8-2-9-20-35)46(42)55(45,39-26-14-5-15-27-39)40-28-16-25-38(33-40)49-53-47(36-21-10-3-11-22-36)52-48(54-49)37-23-12-4-13-24-37/h1-33H. The van der Waals surface area contributed by atoms with Crippen LogP contribution in [0.1, 0.15) is 0 Å². The molecule has 0 bridgehead atoms. The van der Waals surface area contributed by atoms with Crippen LogP contribution in [-0.2, 0) is 0 Å². The van der Waals surface area contributed by atoms with Crippen LogP contribution < -0.4 is 20.7 Å². The Kier molecular flexibility index (Phi) is 8.08. The molecule has 258 valence electrons. The quantitative estimate of drug-likeness (QED) is 0.155. The molecule has 0 spiro atoms. The molecule has 1 aliphatic rings. The number of fused-ring (bicyclic) bond motifs is 3. The normalized spacial score (nSPS) is 12.5. The summed E-state index contributed by atoms with van der Waals surface area (Å²) in [5, 5.41) is 4.98. The molecule has 0 N–H and O–H groups in total. The molecule has 0 radical (unpaired) electrons. The summed E-state index contributed by atoms with van der Waals surface area (Å²) in [7, 11) is -3.20. The Balaban J connectivity index is 1.30. The van der Waals surface area contributed by atoms with Gasteiger partial charge in [0.15, 0.2) is 25.5 Å². The highest BCUT2D eigenvalue weighted by Gasteiger charge is 2.52. The van der Waals surface area contributed by atoms with Gasteiger partial charge >= 0.3 is 0 Å². The minimum Gasteiger partial charge on any atom is -0.256 e. The van der Waals surface area contributed by atoms with Crippen LogP contribution in [-0.4, -0.2) is 33.0 Å². The van der Waals surface area contributed by atoms with Gasteiger partial charge in [0.05, 0.1) is 11.4 Å². The van der Waals surface area contributed by atoms with Gasteiger partial charge in [0.25, 0.3) is 0 Å². The van der Waals surface area contributed by atoms with Crippen molar-refractivity contribution in [2.24, 2.45) is 0 Å². The first-order valence-electron chi connectivity index (χ1n) is 18.4. The number of hydrogen-bond donors (Lipinski definition) is 0. The zero-order chi connectivity index (χ0) is 36.6. The van der Waals surface area contributed by atoms with Gasteiger partial charge in [0.2, 0.25) is 0 Å². The van der Waals surface area contributed by atoms with Gasteiger partial charge in [0.1, 0.15) is 0 Å². The minimum absolute atomic E-state index is 0.620. The lowest BCUT2D eigenvalue weighted by molar-refractivity contribution is 1.07. The molecule has 0 amide bonds. The van der Waals surface area contributed by atoms with Gasteiger partial charge in [-0.3, -0.25) is 9.97 Å². The van der Waals surface area contributed by atoms with E-state index in [4.69, 9.17) is 24.9 Å². The first kappa shape index (κ1) is 32.5. The van der Waals surface area contributed by atoms with Crippen molar-refractivity contribution in [1.29, 1.82) is 0 Å². The summed E-state index contributed by atoms with van der Waals surface area (Å²) in [6, 6.07) is 65.7. The predicted octanol–water partition coefficient (Wildman–Crippen LogP) is 8.35. The molecule has 0 saturated heterocycles. The second-order valence-electron chi connectivity index (χ2n) is 13.6. The first-order valence-corrected chi connectivity index (χ1v) is 20.4. The summed E-state index contributed by atoms with van der Waals surface area (Å²) in [5.41, 5.74) is 9.34. The minimum atomic E-state index is -3.20. The van der Waals surface area contributed by atoms with Crippen molar-refractivity contribution in [3.05, 3.63) is 200 Å². The number of benzene rings is 6. The maximum atomic E-state index is 5.20. The average Bonchev–Trinajstić information content (AvgIpc) is 3.59. The van der Waals surface area contributed by atoms with Crippen LogP contribution in [0.25, 0.3) is 67.8 Å². The molecule has 10 rings (SSSR count). The van der Waals surface area contributed by atoms with E-state index < -0.39 is 8.07 Å². The van der Waals surface area contributed by atoms with Crippen LogP contribution in [0.4, 0.5) is 0 Å². The summed E-state index contributed by atoms with van der Waals surface area (Å²) in [6.07, 6.45) is 3.92. The highest BCUT2D eigenvalue weighted by molar-refractivity contribution is 7.23. The monoisotopic (exact) mass is 719 g/mol. The molecule has 0 aliphatic carbocycles. The van der Waals surface area contributed by atoms with Gasteiger partial charge in [0, 0.05) is 40.2 Å². The molecule has 3 aromatic heterocycles. The Morgan fingerprint density at radius 1 is 0.309 bits per heavy atom. The van der Waals surface area contributed by atoms with Crippen LogP contribution >= 0.6 is 0 Å². The van der Waals surface area contributed by atoms with E-state index >= 15 is 0 Å². The van der Waals surface area contributed by atoms with Crippen molar-refractivity contribution in [3.63, 3.8) is 0 Å². The maximum Gasteiger partial charge on any atom is 0.185 e. The second kappa shape index (κ2) is 13.7. The summed E-state index contributed by atoms with van der Waals surface area (Å²) >= 11 is 0. The van der Waals surface area contributed by atoms with Gasteiger partial charge < -0.3 is 0 Å². The third-order valence-electron chi connectivity index (χ3n) is 10.5. The zero-order valence-corrected chi connectivity index (χ0v) is 30.8. The number of pyridine rings is 2. The number of nitrogens with zero attached hydrogens (tertiary/aromatic N) is 5. The van der Waals surface area contributed by atoms with Crippen LogP contribution in [0, 0.1) is 0 Å². The lowest BCUT2D eigenvalue weighted by Crippen LogP contribution is -2.73. The first-order chi connectivity index (χ1) is 27.3. The van der Waals surface area contributed by atoms with E-state index in [0.717, 1.165) is 39.2 Å². The largest absolute Gasteiger partial charge is 0.256 e. The maximum absolute atomic E-state index is 5.20. The SMILES string of the molecule is c1ccc(-c2nc(-c3ccccc3)nc(-c3cccc([Si]4(c5ccccc5)c5c(ccnc5-c5ccccc5)-c5ccnc(-c6ccccc6)c54)c3)n2)cc1. The molecule has 6 heteroatoms. The number of rotatable bonds is 7. The van der Waals surface area contributed by atoms with Gasteiger partial charge in [-0.2, -0.15) is 0 Å². The molecule has 6 aromatic carbocycles. The van der Waals surface area contributed by atoms with Gasteiger partial charge in [-0.15, -0.1) is 0 Å². The smallest absolute Gasteiger partial charge is 0.185 e. The summed E-state index contributed by atoms with van der Waals surface area (Å²) in [6.45, 7) is 0. The summed E-state index contributed by atoms with van der Waals surface area (Å²) in [5.74, 6) is 1.88. The molecular weight excluding hydrogens is 687 g/mol. The Morgan fingerprint density at radius 3 is 1.13 bits per heavy atom. The fraction of sp³-hybridized carbons (Fsp3) is 0. The topological polar surface area (TPSA) is 64.5 Å². The highest BCUT2D eigenvalue weighted by atomic mass is 28.3. The fourth-order valence-corrected chi connectivity index (χ4v) is 13.7. The van der Waals surface area contributed by atoms with Crippen LogP contribution in [0.2, 0.25) is 0 Å². The van der Waals surface area contributed by atoms with E-state index in [-0.39, 0.29) is 0 Å². The average molecular weight is 720 g/mol. The third-order valence-corrected chi connectivity index (χ3v) is 15.4. The fourth-order valence-electron chi connectivity index (χ4n) is 8.15. The van der Waals surface area contributed by atoms with E-state index in [1.807, 2.05) is 73.1 Å². The molecule has 5 nitrogen and oxygen atoms in total. The Morgan fingerprint density at radius 2 is 0.673 bits per heavy atom. The van der Waals surface area contributed by atoms with E-state index in [2.05, 4.69) is 127 Å². The summed E-state index contributed by atoms with van der Waals surface area (Å²) in [4.78, 5) is 25.7. The predicted molar refractivity (Wildman–Crippen MR) is 225 cm³/mol. The Labute approximate surface area is 320 Å².